The van der Waals surface area contributed by atoms with Crippen LogP contribution in [0.3, 0.4) is 0 Å². The number of Topliss-reactive ketones (excluding diaryl/α,β-unsaturated/α-hetero) is 1. The fraction of sp³-hybridized carbons (Fsp3) is 0.929. The molecule has 0 bridgehead atoms. The summed E-state index contributed by atoms with van der Waals surface area (Å²) in [4.78, 5) is 11.5. The van der Waals surface area contributed by atoms with Gasteiger partial charge in [-0.15, -0.1) is 0 Å². The number of nitrogens with two attached hydrogens (primary N) is 1. The van der Waals surface area contributed by atoms with Crippen molar-refractivity contribution in [3.05, 3.63) is 0 Å². The van der Waals surface area contributed by atoms with Gasteiger partial charge in [-0.2, -0.15) is 0 Å². The van der Waals surface area contributed by atoms with Gasteiger partial charge < -0.3 is 10.5 Å². The SMILES string of the molecule is CC(SSCCCC(=O)CCOCCN)C(C)(C)C. The van der Waals surface area contributed by atoms with Crippen molar-refractivity contribution in [2.75, 3.05) is 25.5 Å². The van der Waals surface area contributed by atoms with Crippen LogP contribution in [0.5, 0.6) is 0 Å². The average Bonchev–Trinajstić information content (AvgIpc) is 2.33. The number of hydrogen-bond donors (Lipinski definition) is 1. The van der Waals surface area contributed by atoms with E-state index in [4.69, 9.17) is 10.5 Å². The molecule has 0 saturated carbocycles. The lowest BCUT2D eigenvalue weighted by Crippen LogP contribution is -2.18. The molecule has 0 rings (SSSR count). The summed E-state index contributed by atoms with van der Waals surface area (Å²) in [5.41, 5.74) is 5.64. The van der Waals surface area contributed by atoms with Crippen molar-refractivity contribution in [1.82, 2.24) is 0 Å². The molecular weight excluding hydrogens is 278 g/mol. The summed E-state index contributed by atoms with van der Waals surface area (Å²) >= 11 is 0. The van der Waals surface area contributed by atoms with Crippen LogP contribution >= 0.6 is 21.6 Å². The van der Waals surface area contributed by atoms with Gasteiger partial charge in [-0.1, -0.05) is 49.3 Å². The molecule has 5 heteroatoms. The lowest BCUT2D eigenvalue weighted by molar-refractivity contribution is -0.120. The van der Waals surface area contributed by atoms with Crippen molar-refractivity contribution >= 4 is 27.4 Å². The summed E-state index contributed by atoms with van der Waals surface area (Å²) in [6.07, 6.45) is 2.16. The maximum atomic E-state index is 11.5. The lowest BCUT2D eigenvalue weighted by Gasteiger charge is -2.25. The van der Waals surface area contributed by atoms with Gasteiger partial charge in [-0.05, 0) is 11.8 Å². The maximum Gasteiger partial charge on any atom is 0.135 e. The van der Waals surface area contributed by atoms with E-state index in [9.17, 15) is 4.79 Å². The van der Waals surface area contributed by atoms with Crippen LogP contribution in [0.25, 0.3) is 0 Å². The van der Waals surface area contributed by atoms with Gasteiger partial charge >= 0.3 is 0 Å². The summed E-state index contributed by atoms with van der Waals surface area (Å²) in [7, 11) is 3.81. The standard InChI is InChI=1S/C14H29NO2S2/c1-12(14(2,3)4)19-18-11-5-6-13(16)7-9-17-10-8-15/h12H,5-11,15H2,1-4H3. The molecule has 0 aromatic heterocycles. The Morgan fingerprint density at radius 2 is 1.95 bits per heavy atom. The van der Waals surface area contributed by atoms with Crippen LogP contribution in [0.4, 0.5) is 0 Å². The predicted molar refractivity (Wildman–Crippen MR) is 87.7 cm³/mol. The first-order valence-electron chi connectivity index (χ1n) is 6.95. The number of rotatable bonds is 11. The highest BCUT2D eigenvalue weighted by molar-refractivity contribution is 8.76. The van der Waals surface area contributed by atoms with Gasteiger partial charge in [0.15, 0.2) is 0 Å². The van der Waals surface area contributed by atoms with E-state index in [1.165, 1.54) is 0 Å². The quantitative estimate of drug-likeness (QED) is 0.467. The van der Waals surface area contributed by atoms with Crippen molar-refractivity contribution in [3.63, 3.8) is 0 Å². The highest BCUT2D eigenvalue weighted by Gasteiger charge is 2.20. The molecule has 0 aliphatic rings. The normalized spacial score (nSPS) is 13.5. The zero-order valence-electron chi connectivity index (χ0n) is 12.7. The molecule has 0 aliphatic carbocycles. The largest absolute Gasteiger partial charge is 0.380 e. The van der Waals surface area contributed by atoms with Crippen LogP contribution in [0, 0.1) is 5.41 Å². The Hall–Kier alpha value is 0.290. The third kappa shape index (κ3) is 11.8. The summed E-state index contributed by atoms with van der Waals surface area (Å²) in [5.74, 6) is 1.34. The van der Waals surface area contributed by atoms with Crippen molar-refractivity contribution in [2.24, 2.45) is 11.1 Å². The second-order valence-electron chi connectivity index (χ2n) is 5.72. The summed E-state index contributed by atoms with van der Waals surface area (Å²) < 4.78 is 5.19. The molecule has 0 heterocycles. The number of ether oxygens (including phenoxy) is 1. The molecule has 0 amide bonds. The number of hydrogen-bond acceptors (Lipinski definition) is 5. The van der Waals surface area contributed by atoms with E-state index < -0.39 is 0 Å². The zero-order valence-corrected chi connectivity index (χ0v) is 14.4. The van der Waals surface area contributed by atoms with Gasteiger partial charge in [0.2, 0.25) is 0 Å². The Balaban J connectivity index is 3.41. The van der Waals surface area contributed by atoms with E-state index in [-0.39, 0.29) is 0 Å². The maximum absolute atomic E-state index is 11.5. The van der Waals surface area contributed by atoms with Gasteiger partial charge in [0.05, 0.1) is 13.2 Å². The third-order valence-corrected chi connectivity index (χ3v) is 6.26. The molecule has 0 radical (unpaired) electrons. The predicted octanol–water partition coefficient (Wildman–Crippen LogP) is 3.52. The van der Waals surface area contributed by atoms with E-state index >= 15 is 0 Å². The molecule has 2 N–H and O–H groups in total. The molecule has 1 unspecified atom stereocenters. The van der Waals surface area contributed by atoms with E-state index in [0.29, 0.717) is 49.0 Å². The molecule has 19 heavy (non-hydrogen) atoms. The minimum atomic E-state index is 0.298. The van der Waals surface area contributed by atoms with Crippen molar-refractivity contribution in [3.8, 4) is 0 Å². The summed E-state index contributed by atoms with van der Waals surface area (Å²) in [5, 5.41) is 0.623. The van der Waals surface area contributed by atoms with Crippen molar-refractivity contribution in [1.29, 1.82) is 0 Å². The number of ketones is 1. The fourth-order valence-corrected chi connectivity index (χ4v) is 4.09. The van der Waals surface area contributed by atoms with E-state index in [2.05, 4.69) is 27.7 Å². The Kier molecular flexibility index (Phi) is 11.2. The Labute approximate surface area is 126 Å². The smallest absolute Gasteiger partial charge is 0.135 e. The van der Waals surface area contributed by atoms with E-state index in [1.54, 1.807) is 0 Å². The van der Waals surface area contributed by atoms with Gasteiger partial charge in [0, 0.05) is 30.4 Å². The number of carbonyl (C=O) groups is 1. The Bertz CT molecular complexity index is 242. The lowest BCUT2D eigenvalue weighted by atomic mass is 9.93. The van der Waals surface area contributed by atoms with Gasteiger partial charge in [0.25, 0.3) is 0 Å². The van der Waals surface area contributed by atoms with Gasteiger partial charge in [-0.25, -0.2) is 0 Å². The second-order valence-corrected chi connectivity index (χ2v) is 8.55. The molecule has 0 saturated heterocycles. The summed E-state index contributed by atoms with van der Waals surface area (Å²) in [6.45, 7) is 10.6. The number of carbonyl (C=O) groups excluding carboxylic acids is 1. The molecule has 0 aliphatic heterocycles. The molecule has 0 fully saturated rings. The monoisotopic (exact) mass is 307 g/mol. The molecule has 0 spiro atoms. The van der Waals surface area contributed by atoms with Gasteiger partial charge in [-0.3, -0.25) is 4.79 Å². The molecule has 3 nitrogen and oxygen atoms in total. The average molecular weight is 308 g/mol. The molecule has 1 atom stereocenters. The molecule has 114 valence electrons. The first kappa shape index (κ1) is 19.3. The Morgan fingerprint density at radius 3 is 2.53 bits per heavy atom. The zero-order chi connectivity index (χ0) is 14.7. The molecule has 0 aromatic rings. The van der Waals surface area contributed by atoms with Crippen LogP contribution in [0.1, 0.15) is 47.0 Å². The van der Waals surface area contributed by atoms with Crippen LogP contribution in [0.15, 0.2) is 0 Å². The first-order valence-corrected chi connectivity index (χ1v) is 9.34. The highest BCUT2D eigenvalue weighted by Crippen LogP contribution is 2.37. The highest BCUT2D eigenvalue weighted by atomic mass is 33.1. The fourth-order valence-electron chi connectivity index (χ4n) is 1.12. The minimum absolute atomic E-state index is 0.298. The Morgan fingerprint density at radius 1 is 1.26 bits per heavy atom. The summed E-state index contributed by atoms with van der Waals surface area (Å²) in [6, 6.07) is 0. The minimum Gasteiger partial charge on any atom is -0.380 e. The van der Waals surface area contributed by atoms with Crippen LogP contribution < -0.4 is 5.73 Å². The van der Waals surface area contributed by atoms with Crippen LogP contribution in [0.2, 0.25) is 0 Å². The van der Waals surface area contributed by atoms with Gasteiger partial charge in [0.1, 0.15) is 5.78 Å². The van der Waals surface area contributed by atoms with Crippen molar-refractivity contribution < 1.29 is 9.53 Å². The molecular formula is C14H29NO2S2. The van der Waals surface area contributed by atoms with E-state index in [1.807, 2.05) is 21.6 Å². The van der Waals surface area contributed by atoms with Crippen LogP contribution in [-0.2, 0) is 9.53 Å². The van der Waals surface area contributed by atoms with E-state index in [0.717, 1.165) is 12.2 Å². The first-order chi connectivity index (χ1) is 8.88. The van der Waals surface area contributed by atoms with Crippen molar-refractivity contribution in [2.45, 2.75) is 52.2 Å². The third-order valence-electron chi connectivity index (χ3n) is 2.90. The van der Waals surface area contributed by atoms with Crippen LogP contribution in [-0.4, -0.2) is 36.5 Å². The second kappa shape index (κ2) is 11.0. The molecule has 0 aromatic carbocycles. The topological polar surface area (TPSA) is 52.3 Å².